The number of carbonyl (C=O) groups is 2. The monoisotopic (exact) mass is 388 g/mol. The lowest BCUT2D eigenvalue weighted by Gasteiger charge is -2.10. The second-order valence-corrected chi connectivity index (χ2v) is 7.42. The van der Waals surface area contributed by atoms with E-state index in [1.165, 1.54) is 51.9 Å². The number of esters is 1. The minimum absolute atomic E-state index is 0.0958. The van der Waals surface area contributed by atoms with Crippen molar-refractivity contribution in [2.24, 2.45) is 0 Å². The van der Waals surface area contributed by atoms with Crippen LogP contribution in [0.1, 0.15) is 126 Å². The Labute approximate surface area is 169 Å². The highest BCUT2D eigenvalue weighted by molar-refractivity contribution is 5.75. The molecule has 4 nitrogen and oxygen atoms in total. The molecule has 0 bridgehead atoms. The summed E-state index contributed by atoms with van der Waals surface area (Å²) in [6, 6.07) is 0. The van der Waals surface area contributed by atoms with Gasteiger partial charge in [-0.15, -0.1) is 0 Å². The lowest BCUT2D eigenvalue weighted by molar-refractivity contribution is -0.145. The number of hydrogen-bond acceptors (Lipinski definition) is 4. The van der Waals surface area contributed by atoms with E-state index < -0.39 is 0 Å². The summed E-state index contributed by atoms with van der Waals surface area (Å²) in [5, 5.41) is 8.78. The fraction of sp³-hybridized carbons (Fsp3) is 0.913. The molecule has 0 heterocycles. The van der Waals surface area contributed by atoms with E-state index >= 15 is 0 Å². The first-order valence-electron chi connectivity index (χ1n) is 11.1. The number of aliphatic hydroxyl groups excluding tert-OH is 1. The Morgan fingerprint density at radius 2 is 1.22 bits per heavy atom. The van der Waals surface area contributed by atoms with Crippen molar-refractivity contribution in [2.45, 2.75) is 138 Å². The Morgan fingerprint density at radius 3 is 1.59 bits per heavy atom. The molecule has 164 valence electrons. The van der Waals surface area contributed by atoms with Crippen molar-refractivity contribution < 1.29 is 19.4 Å². The first-order chi connectivity index (χ1) is 12.7. The largest absolute Gasteiger partial charge is 0.463 e. The summed E-state index contributed by atoms with van der Waals surface area (Å²) < 4.78 is 4.96. The highest BCUT2D eigenvalue weighted by Crippen LogP contribution is 2.05. The molecule has 1 unspecified atom stereocenters. The van der Waals surface area contributed by atoms with Crippen molar-refractivity contribution in [3.63, 3.8) is 0 Å². The molecular formula is C23H48O4. The van der Waals surface area contributed by atoms with E-state index in [-0.39, 0.29) is 18.2 Å². The molecular weight excluding hydrogens is 340 g/mol. The average molecular weight is 389 g/mol. The Kier molecular flexibility index (Phi) is 28.6. The Morgan fingerprint density at radius 1 is 0.778 bits per heavy atom. The minimum Gasteiger partial charge on any atom is -0.463 e. The zero-order valence-corrected chi connectivity index (χ0v) is 19.3. The van der Waals surface area contributed by atoms with Gasteiger partial charge in [0.25, 0.3) is 0 Å². The van der Waals surface area contributed by atoms with Crippen molar-refractivity contribution >= 4 is 11.8 Å². The Balaban J connectivity index is -0.000000327. The molecule has 0 aromatic rings. The quantitative estimate of drug-likeness (QED) is 0.284. The number of unbranched alkanes of at least 4 members (excludes halogenated alkanes) is 6. The standard InChI is InChI=1S/C9H18O2.C7H16O.C7H14O/c1-4-5-6-7-8(2)11-9(3)10;2*1-3-4-5-6-7(2)8/h8H,4-7H2,1-3H3;7-8H,3-6H2,1-2H3;3-6H2,1-2H3/t;7-;/m.1./s1. The van der Waals surface area contributed by atoms with Crippen LogP contribution in [-0.4, -0.2) is 29.1 Å². The van der Waals surface area contributed by atoms with Gasteiger partial charge in [-0.25, -0.2) is 0 Å². The van der Waals surface area contributed by atoms with Crippen LogP contribution in [0.2, 0.25) is 0 Å². The summed E-state index contributed by atoms with van der Waals surface area (Å²) in [5.74, 6) is 0.146. The topological polar surface area (TPSA) is 63.6 Å². The third-order valence-corrected chi connectivity index (χ3v) is 3.94. The zero-order chi connectivity index (χ0) is 21.5. The number of aliphatic hydroxyl groups is 1. The highest BCUT2D eigenvalue weighted by atomic mass is 16.5. The van der Waals surface area contributed by atoms with Crippen LogP contribution < -0.4 is 0 Å². The molecule has 0 radical (unpaired) electrons. The van der Waals surface area contributed by atoms with E-state index in [1.807, 2.05) is 13.8 Å². The van der Waals surface area contributed by atoms with E-state index in [4.69, 9.17) is 9.84 Å². The van der Waals surface area contributed by atoms with Crippen molar-refractivity contribution in [3.05, 3.63) is 0 Å². The van der Waals surface area contributed by atoms with E-state index in [0.717, 1.165) is 32.1 Å². The minimum atomic E-state index is -0.172. The molecule has 0 aliphatic rings. The van der Waals surface area contributed by atoms with Gasteiger partial charge in [-0.3, -0.25) is 4.79 Å². The molecule has 0 aromatic heterocycles. The van der Waals surface area contributed by atoms with Crippen LogP contribution >= 0.6 is 0 Å². The predicted octanol–water partition coefficient (Wildman–Crippen LogP) is 6.62. The number of ketones is 1. The molecule has 1 N–H and O–H groups in total. The Bertz CT molecular complexity index is 314. The molecule has 0 saturated heterocycles. The normalized spacial score (nSPS) is 12.0. The summed E-state index contributed by atoms with van der Waals surface area (Å²) in [7, 11) is 0. The van der Waals surface area contributed by atoms with Crippen LogP contribution in [0, 0.1) is 0 Å². The second kappa shape index (κ2) is 25.1. The number of ether oxygens (including phenoxy) is 1. The number of Topliss-reactive ketones (excluding diaryl/α,β-unsaturated/α-hetero) is 1. The molecule has 0 aliphatic carbocycles. The fourth-order valence-electron chi connectivity index (χ4n) is 2.34. The maximum atomic E-state index is 10.5. The number of hydrogen-bond donors (Lipinski definition) is 1. The van der Waals surface area contributed by atoms with E-state index in [1.54, 1.807) is 6.92 Å². The molecule has 0 fully saturated rings. The van der Waals surface area contributed by atoms with Gasteiger partial charge < -0.3 is 14.6 Å². The van der Waals surface area contributed by atoms with Crippen molar-refractivity contribution in [1.29, 1.82) is 0 Å². The van der Waals surface area contributed by atoms with Crippen LogP contribution in [0.5, 0.6) is 0 Å². The summed E-state index contributed by atoms with van der Waals surface area (Å²) in [6.45, 7) is 13.4. The van der Waals surface area contributed by atoms with Crippen LogP contribution in [0.25, 0.3) is 0 Å². The summed E-state index contributed by atoms with van der Waals surface area (Å²) >= 11 is 0. The predicted molar refractivity (Wildman–Crippen MR) is 116 cm³/mol. The SMILES string of the molecule is CCCCCC(C)=O.CCCCCC(C)OC(C)=O.CCCCC[C@@H](C)O. The molecule has 0 rings (SSSR count). The average Bonchev–Trinajstić information content (AvgIpc) is 2.55. The van der Waals surface area contributed by atoms with Crippen molar-refractivity contribution in [3.8, 4) is 0 Å². The molecule has 4 heteroatoms. The van der Waals surface area contributed by atoms with Gasteiger partial charge in [0.2, 0.25) is 0 Å². The van der Waals surface area contributed by atoms with Crippen LogP contribution in [0.4, 0.5) is 0 Å². The first-order valence-corrected chi connectivity index (χ1v) is 11.1. The van der Waals surface area contributed by atoms with Gasteiger partial charge in [-0.05, 0) is 46.5 Å². The number of rotatable bonds is 13. The van der Waals surface area contributed by atoms with Crippen LogP contribution in [0.3, 0.4) is 0 Å². The second-order valence-electron chi connectivity index (χ2n) is 7.42. The van der Waals surface area contributed by atoms with Crippen molar-refractivity contribution in [1.82, 2.24) is 0 Å². The lowest BCUT2D eigenvalue weighted by Crippen LogP contribution is -2.11. The third kappa shape index (κ3) is 40.9. The van der Waals surface area contributed by atoms with Gasteiger partial charge in [-0.2, -0.15) is 0 Å². The van der Waals surface area contributed by atoms with Gasteiger partial charge in [0.15, 0.2) is 0 Å². The first kappa shape index (κ1) is 30.8. The van der Waals surface area contributed by atoms with Gasteiger partial charge in [0.1, 0.15) is 5.78 Å². The molecule has 2 atom stereocenters. The Hall–Kier alpha value is -0.900. The summed E-state index contributed by atoms with van der Waals surface area (Å²) in [4.78, 5) is 20.8. The molecule has 0 amide bonds. The molecule has 0 aromatic carbocycles. The summed E-state index contributed by atoms with van der Waals surface area (Å²) in [6.07, 6.45) is 13.5. The van der Waals surface area contributed by atoms with Crippen LogP contribution in [0.15, 0.2) is 0 Å². The maximum absolute atomic E-state index is 10.5. The highest BCUT2D eigenvalue weighted by Gasteiger charge is 2.03. The third-order valence-electron chi connectivity index (χ3n) is 3.94. The van der Waals surface area contributed by atoms with Gasteiger partial charge in [0, 0.05) is 13.3 Å². The van der Waals surface area contributed by atoms with Crippen LogP contribution in [-0.2, 0) is 14.3 Å². The lowest BCUT2D eigenvalue weighted by atomic mass is 10.1. The van der Waals surface area contributed by atoms with Crippen molar-refractivity contribution in [2.75, 3.05) is 0 Å². The smallest absolute Gasteiger partial charge is 0.302 e. The van der Waals surface area contributed by atoms with E-state index in [0.29, 0.717) is 5.78 Å². The van der Waals surface area contributed by atoms with Gasteiger partial charge in [-0.1, -0.05) is 65.7 Å². The fourth-order valence-corrected chi connectivity index (χ4v) is 2.34. The molecule has 0 aliphatic heterocycles. The van der Waals surface area contributed by atoms with Gasteiger partial charge >= 0.3 is 5.97 Å². The van der Waals surface area contributed by atoms with Gasteiger partial charge in [0.05, 0.1) is 12.2 Å². The number of carbonyl (C=O) groups excluding carboxylic acids is 2. The van der Waals surface area contributed by atoms with E-state index in [2.05, 4.69) is 20.8 Å². The molecule has 27 heavy (non-hydrogen) atoms. The zero-order valence-electron chi connectivity index (χ0n) is 19.3. The molecule has 0 saturated carbocycles. The summed E-state index contributed by atoms with van der Waals surface area (Å²) in [5.41, 5.74) is 0. The van der Waals surface area contributed by atoms with E-state index in [9.17, 15) is 9.59 Å². The molecule has 0 spiro atoms. The maximum Gasteiger partial charge on any atom is 0.302 e.